The van der Waals surface area contributed by atoms with Crippen molar-refractivity contribution < 1.29 is 4.79 Å². The number of aryl methyl sites for hydroxylation is 2. The van der Waals surface area contributed by atoms with Crippen molar-refractivity contribution in [2.24, 2.45) is 0 Å². The fraction of sp³-hybridized carbons (Fsp3) is 0.174. The molecule has 3 aromatic carbocycles. The Morgan fingerprint density at radius 3 is 1.92 bits per heavy atom. The van der Waals surface area contributed by atoms with E-state index in [1.54, 1.807) is 0 Å². The Balaban J connectivity index is 1.52. The summed E-state index contributed by atoms with van der Waals surface area (Å²) in [6.45, 7) is 4.29. The third-order valence-electron chi connectivity index (χ3n) is 5.05. The van der Waals surface area contributed by atoms with Gasteiger partial charge in [-0.15, -0.1) is 0 Å². The second-order valence-electron chi connectivity index (χ2n) is 6.80. The van der Waals surface area contributed by atoms with Crippen LogP contribution in [0.5, 0.6) is 0 Å². The van der Waals surface area contributed by atoms with E-state index in [1.807, 2.05) is 32.0 Å². The van der Waals surface area contributed by atoms with Crippen LogP contribution in [-0.4, -0.2) is 12.5 Å². The lowest BCUT2D eigenvalue weighted by molar-refractivity contribution is -0.115. The number of hydrogen-bond acceptors (Lipinski definition) is 2. The Kier molecular flexibility index (Phi) is 4.31. The average Bonchev–Trinajstić information content (AvgIpc) is 2.97. The van der Waals surface area contributed by atoms with Crippen molar-refractivity contribution >= 4 is 11.6 Å². The first-order valence-electron chi connectivity index (χ1n) is 8.93. The van der Waals surface area contributed by atoms with Crippen LogP contribution < -0.4 is 10.6 Å². The monoisotopic (exact) mass is 342 g/mol. The number of rotatable bonds is 4. The van der Waals surface area contributed by atoms with Gasteiger partial charge in [-0.1, -0.05) is 66.7 Å². The van der Waals surface area contributed by atoms with Gasteiger partial charge in [-0.05, 0) is 47.2 Å². The van der Waals surface area contributed by atoms with Crippen molar-refractivity contribution in [2.75, 3.05) is 11.9 Å². The molecule has 0 heterocycles. The predicted octanol–water partition coefficient (Wildman–Crippen LogP) is 4.60. The van der Waals surface area contributed by atoms with Crippen LogP contribution in [0, 0.1) is 13.8 Å². The molecule has 3 nitrogen and oxygen atoms in total. The number of anilines is 1. The van der Waals surface area contributed by atoms with E-state index < -0.39 is 0 Å². The molecule has 26 heavy (non-hydrogen) atoms. The third-order valence-corrected chi connectivity index (χ3v) is 5.05. The van der Waals surface area contributed by atoms with Crippen LogP contribution >= 0.6 is 0 Å². The van der Waals surface area contributed by atoms with Crippen LogP contribution in [0.1, 0.15) is 28.3 Å². The number of fused-ring (bicyclic) bond motifs is 3. The van der Waals surface area contributed by atoms with Gasteiger partial charge in [-0.2, -0.15) is 0 Å². The predicted molar refractivity (Wildman–Crippen MR) is 106 cm³/mol. The van der Waals surface area contributed by atoms with Crippen LogP contribution in [-0.2, 0) is 4.79 Å². The minimum absolute atomic E-state index is 0.0238. The number of nitrogens with one attached hydrogen (secondary N) is 2. The van der Waals surface area contributed by atoms with E-state index in [9.17, 15) is 4.79 Å². The Morgan fingerprint density at radius 1 is 0.808 bits per heavy atom. The summed E-state index contributed by atoms with van der Waals surface area (Å²) in [5, 5.41) is 6.49. The SMILES string of the molecule is Cc1cccc(C)c1NC(=O)CNC1c2ccccc2-c2ccccc21. The minimum atomic E-state index is -0.0238. The molecule has 0 atom stereocenters. The van der Waals surface area contributed by atoms with E-state index in [0.29, 0.717) is 0 Å². The van der Waals surface area contributed by atoms with Crippen molar-refractivity contribution in [2.45, 2.75) is 19.9 Å². The van der Waals surface area contributed by atoms with E-state index in [4.69, 9.17) is 0 Å². The van der Waals surface area contributed by atoms with Gasteiger partial charge in [0.15, 0.2) is 0 Å². The maximum Gasteiger partial charge on any atom is 0.238 e. The van der Waals surface area contributed by atoms with Gasteiger partial charge < -0.3 is 5.32 Å². The normalized spacial score (nSPS) is 12.5. The van der Waals surface area contributed by atoms with E-state index in [1.165, 1.54) is 22.3 Å². The van der Waals surface area contributed by atoms with Crippen molar-refractivity contribution in [1.82, 2.24) is 5.32 Å². The fourth-order valence-corrected chi connectivity index (χ4v) is 3.77. The standard InChI is InChI=1S/C23H22N2O/c1-15-8-7-9-16(2)22(15)25-21(26)14-24-23-19-12-5-3-10-17(19)18-11-4-6-13-20(18)23/h3-13,23-24H,14H2,1-2H3,(H,25,26). The molecule has 0 unspecified atom stereocenters. The van der Waals surface area contributed by atoms with Gasteiger partial charge >= 0.3 is 0 Å². The molecule has 0 aliphatic heterocycles. The Bertz CT molecular complexity index is 912. The van der Waals surface area contributed by atoms with E-state index in [2.05, 4.69) is 59.2 Å². The molecular weight excluding hydrogens is 320 g/mol. The van der Waals surface area contributed by atoms with Crippen LogP contribution in [0.4, 0.5) is 5.69 Å². The minimum Gasteiger partial charge on any atom is -0.324 e. The highest BCUT2D eigenvalue weighted by Crippen LogP contribution is 2.42. The second-order valence-corrected chi connectivity index (χ2v) is 6.80. The van der Waals surface area contributed by atoms with Crippen LogP contribution in [0.15, 0.2) is 66.7 Å². The molecule has 130 valence electrons. The molecule has 1 aliphatic rings. The van der Waals surface area contributed by atoms with Gasteiger partial charge in [0.25, 0.3) is 0 Å². The molecule has 0 bridgehead atoms. The summed E-state index contributed by atoms with van der Waals surface area (Å²) in [7, 11) is 0. The maximum atomic E-state index is 12.5. The number of hydrogen-bond donors (Lipinski definition) is 2. The van der Waals surface area contributed by atoms with Gasteiger partial charge in [0.05, 0.1) is 12.6 Å². The molecular formula is C23H22N2O. The molecule has 0 saturated heterocycles. The zero-order chi connectivity index (χ0) is 18.1. The smallest absolute Gasteiger partial charge is 0.238 e. The first-order chi connectivity index (χ1) is 12.6. The molecule has 1 aliphatic carbocycles. The Labute approximate surface area is 154 Å². The molecule has 0 spiro atoms. The van der Waals surface area contributed by atoms with Gasteiger partial charge in [-0.25, -0.2) is 0 Å². The summed E-state index contributed by atoms with van der Waals surface area (Å²) in [5.41, 5.74) is 8.02. The highest BCUT2D eigenvalue weighted by Gasteiger charge is 2.27. The van der Waals surface area contributed by atoms with Crippen molar-refractivity contribution in [1.29, 1.82) is 0 Å². The third kappa shape index (κ3) is 2.91. The van der Waals surface area contributed by atoms with Crippen LogP contribution in [0.25, 0.3) is 11.1 Å². The molecule has 4 rings (SSSR count). The maximum absolute atomic E-state index is 12.5. The summed E-state index contributed by atoms with van der Waals surface area (Å²) < 4.78 is 0. The topological polar surface area (TPSA) is 41.1 Å². The largest absolute Gasteiger partial charge is 0.324 e. The lowest BCUT2D eigenvalue weighted by Crippen LogP contribution is -2.31. The number of carbonyl (C=O) groups excluding carboxylic acids is 1. The second kappa shape index (κ2) is 6.77. The van der Waals surface area contributed by atoms with Gasteiger partial charge in [0.1, 0.15) is 0 Å². The number of amides is 1. The molecule has 0 fully saturated rings. The summed E-state index contributed by atoms with van der Waals surface area (Å²) in [6, 6.07) is 22.9. The first-order valence-corrected chi connectivity index (χ1v) is 8.93. The molecule has 3 heteroatoms. The number of carbonyl (C=O) groups is 1. The quantitative estimate of drug-likeness (QED) is 0.727. The van der Waals surface area contributed by atoms with Gasteiger partial charge in [-0.3, -0.25) is 10.1 Å². The highest BCUT2D eigenvalue weighted by atomic mass is 16.1. The summed E-state index contributed by atoms with van der Waals surface area (Å²) in [5.74, 6) is -0.0238. The summed E-state index contributed by atoms with van der Waals surface area (Å²) >= 11 is 0. The highest BCUT2D eigenvalue weighted by molar-refractivity contribution is 5.94. The first kappa shape index (κ1) is 16.6. The molecule has 3 aromatic rings. The van der Waals surface area contributed by atoms with Gasteiger partial charge in [0.2, 0.25) is 5.91 Å². The molecule has 1 amide bonds. The fourth-order valence-electron chi connectivity index (χ4n) is 3.77. The molecule has 0 radical (unpaired) electrons. The van der Waals surface area contributed by atoms with Crippen molar-refractivity contribution in [3.63, 3.8) is 0 Å². The van der Waals surface area contributed by atoms with Crippen molar-refractivity contribution in [3.8, 4) is 11.1 Å². The summed E-state index contributed by atoms with van der Waals surface area (Å²) in [4.78, 5) is 12.5. The Hall–Kier alpha value is -2.91. The number of para-hydroxylation sites is 1. The molecule has 2 N–H and O–H groups in total. The van der Waals surface area contributed by atoms with Gasteiger partial charge in [0, 0.05) is 5.69 Å². The van der Waals surface area contributed by atoms with Crippen LogP contribution in [0.2, 0.25) is 0 Å². The molecule has 0 saturated carbocycles. The Morgan fingerprint density at radius 2 is 1.35 bits per heavy atom. The zero-order valence-electron chi connectivity index (χ0n) is 15.0. The van der Waals surface area contributed by atoms with E-state index >= 15 is 0 Å². The molecule has 0 aromatic heterocycles. The van der Waals surface area contributed by atoms with E-state index in [0.717, 1.165) is 16.8 Å². The summed E-state index contributed by atoms with van der Waals surface area (Å²) in [6.07, 6.45) is 0. The lowest BCUT2D eigenvalue weighted by Gasteiger charge is -2.17. The average molecular weight is 342 g/mol. The lowest BCUT2D eigenvalue weighted by atomic mass is 10.1. The van der Waals surface area contributed by atoms with Crippen molar-refractivity contribution in [3.05, 3.63) is 89.0 Å². The number of benzene rings is 3. The van der Waals surface area contributed by atoms with E-state index in [-0.39, 0.29) is 18.5 Å². The zero-order valence-corrected chi connectivity index (χ0v) is 15.0. The van der Waals surface area contributed by atoms with Crippen LogP contribution in [0.3, 0.4) is 0 Å².